The van der Waals surface area contributed by atoms with Crippen LogP contribution < -0.4 is 10.6 Å². The lowest BCUT2D eigenvalue weighted by atomic mass is 10.1. The molecule has 2 aromatic carbocycles. The first kappa shape index (κ1) is 14.4. The summed E-state index contributed by atoms with van der Waals surface area (Å²) in [6.45, 7) is 1.92. The molecule has 0 aliphatic heterocycles. The van der Waals surface area contributed by atoms with Crippen LogP contribution in [0.3, 0.4) is 0 Å². The number of carbonyl (C=O) groups excluding carboxylic acids is 1. The zero-order valence-electron chi connectivity index (χ0n) is 11.5. The Morgan fingerprint density at radius 1 is 1.10 bits per heavy atom. The highest BCUT2D eigenvalue weighted by Crippen LogP contribution is 2.23. The first-order valence-electron chi connectivity index (χ1n) is 6.45. The van der Waals surface area contributed by atoms with Gasteiger partial charge in [0, 0.05) is 17.8 Å². The van der Waals surface area contributed by atoms with Gasteiger partial charge in [0.2, 0.25) is 0 Å². The largest absolute Gasteiger partial charge is 0.387 e. The quantitative estimate of drug-likeness (QED) is 0.896. The Labute approximate surface area is 124 Å². The number of benzene rings is 2. The summed E-state index contributed by atoms with van der Waals surface area (Å²) < 4.78 is 0. The topological polar surface area (TPSA) is 41.1 Å². The van der Waals surface area contributed by atoms with Gasteiger partial charge in [-0.2, -0.15) is 0 Å². The van der Waals surface area contributed by atoms with E-state index in [1.165, 1.54) is 0 Å². The highest BCUT2D eigenvalue weighted by molar-refractivity contribution is 6.31. The van der Waals surface area contributed by atoms with Gasteiger partial charge in [-0.25, -0.2) is 0 Å². The number of rotatable bonds is 4. The zero-order valence-corrected chi connectivity index (χ0v) is 12.2. The molecule has 0 aromatic heterocycles. The van der Waals surface area contributed by atoms with Crippen molar-refractivity contribution in [3.05, 3.63) is 64.7 Å². The molecule has 1 atom stereocenters. The van der Waals surface area contributed by atoms with Gasteiger partial charge in [-0.15, -0.1) is 0 Å². The van der Waals surface area contributed by atoms with Crippen LogP contribution in [0.1, 0.15) is 28.9 Å². The molecule has 20 heavy (non-hydrogen) atoms. The highest BCUT2D eigenvalue weighted by atomic mass is 35.5. The predicted molar refractivity (Wildman–Crippen MR) is 83.3 cm³/mol. The molecule has 0 radical (unpaired) electrons. The Morgan fingerprint density at radius 3 is 2.45 bits per heavy atom. The van der Waals surface area contributed by atoms with Gasteiger partial charge < -0.3 is 10.6 Å². The van der Waals surface area contributed by atoms with Crippen LogP contribution in [0.2, 0.25) is 5.02 Å². The lowest BCUT2D eigenvalue weighted by Gasteiger charge is -2.17. The molecule has 0 bridgehead atoms. The molecule has 0 saturated carbocycles. The van der Waals surface area contributed by atoms with Crippen LogP contribution in [-0.2, 0) is 0 Å². The number of para-hydroxylation sites is 1. The summed E-state index contributed by atoms with van der Waals surface area (Å²) in [6.07, 6.45) is 0. The summed E-state index contributed by atoms with van der Waals surface area (Å²) >= 11 is 6.14. The monoisotopic (exact) mass is 288 g/mol. The predicted octanol–water partition coefficient (Wildman–Crippen LogP) is 3.87. The lowest BCUT2D eigenvalue weighted by molar-refractivity contribution is 0.0940. The minimum Gasteiger partial charge on any atom is -0.387 e. The molecule has 104 valence electrons. The third-order valence-electron chi connectivity index (χ3n) is 3.16. The van der Waals surface area contributed by atoms with Gasteiger partial charge in [0.1, 0.15) is 0 Å². The standard InChI is InChI=1S/C16H17ClN2O/c1-11(12-7-3-5-9-14(12)17)19-16(20)13-8-4-6-10-15(13)18-2/h3-11,18H,1-2H3,(H,19,20)/t11-/m0/s1. The number of nitrogens with one attached hydrogen (secondary N) is 2. The van der Waals surface area contributed by atoms with Gasteiger partial charge in [0.25, 0.3) is 5.91 Å². The molecule has 0 aliphatic rings. The van der Waals surface area contributed by atoms with Crippen molar-refractivity contribution in [2.45, 2.75) is 13.0 Å². The molecule has 0 aliphatic carbocycles. The van der Waals surface area contributed by atoms with Gasteiger partial charge >= 0.3 is 0 Å². The molecule has 2 aromatic rings. The summed E-state index contributed by atoms with van der Waals surface area (Å²) in [6, 6.07) is 14.8. The van der Waals surface area contributed by atoms with Crippen molar-refractivity contribution in [3.8, 4) is 0 Å². The first-order chi connectivity index (χ1) is 9.63. The van der Waals surface area contributed by atoms with E-state index in [9.17, 15) is 4.79 Å². The molecular weight excluding hydrogens is 272 g/mol. The van der Waals surface area contributed by atoms with Crippen LogP contribution in [0.25, 0.3) is 0 Å². The van der Waals surface area contributed by atoms with Crippen LogP contribution in [0.15, 0.2) is 48.5 Å². The van der Waals surface area contributed by atoms with Gasteiger partial charge in [-0.1, -0.05) is 41.9 Å². The highest BCUT2D eigenvalue weighted by Gasteiger charge is 2.15. The summed E-state index contributed by atoms with van der Waals surface area (Å²) in [5.74, 6) is -0.123. The Balaban J connectivity index is 2.18. The van der Waals surface area contributed by atoms with Crippen molar-refractivity contribution in [1.82, 2.24) is 5.32 Å². The maximum Gasteiger partial charge on any atom is 0.253 e. The molecule has 0 spiro atoms. The van der Waals surface area contributed by atoms with Crippen LogP contribution >= 0.6 is 11.6 Å². The van der Waals surface area contributed by atoms with Crippen molar-refractivity contribution in [1.29, 1.82) is 0 Å². The fraction of sp³-hybridized carbons (Fsp3) is 0.188. The van der Waals surface area contributed by atoms with Crippen LogP contribution in [0, 0.1) is 0 Å². The number of hydrogen-bond acceptors (Lipinski definition) is 2. The van der Waals surface area contributed by atoms with Gasteiger partial charge in [0.05, 0.1) is 11.6 Å². The van der Waals surface area contributed by atoms with E-state index in [-0.39, 0.29) is 11.9 Å². The number of carbonyl (C=O) groups is 1. The Bertz CT molecular complexity index is 613. The Morgan fingerprint density at radius 2 is 1.75 bits per heavy atom. The molecular formula is C16H17ClN2O. The van der Waals surface area contributed by atoms with E-state index >= 15 is 0 Å². The normalized spacial score (nSPS) is 11.8. The third kappa shape index (κ3) is 3.11. The zero-order chi connectivity index (χ0) is 14.5. The van der Waals surface area contributed by atoms with E-state index in [0.717, 1.165) is 11.3 Å². The number of halogens is 1. The molecule has 2 rings (SSSR count). The minimum atomic E-state index is -0.152. The second kappa shape index (κ2) is 6.44. The summed E-state index contributed by atoms with van der Waals surface area (Å²) in [4.78, 5) is 12.3. The van der Waals surface area contributed by atoms with E-state index in [2.05, 4.69) is 10.6 Å². The maximum atomic E-state index is 12.3. The van der Waals surface area contributed by atoms with E-state index in [1.807, 2.05) is 49.4 Å². The average Bonchev–Trinajstić information content (AvgIpc) is 2.47. The van der Waals surface area contributed by atoms with Crippen LogP contribution in [0.4, 0.5) is 5.69 Å². The molecule has 3 nitrogen and oxygen atoms in total. The van der Waals surface area contributed by atoms with E-state index in [0.29, 0.717) is 10.6 Å². The van der Waals surface area contributed by atoms with Crippen molar-refractivity contribution in [2.24, 2.45) is 0 Å². The first-order valence-corrected chi connectivity index (χ1v) is 6.83. The molecule has 0 saturated heterocycles. The van der Waals surface area contributed by atoms with Crippen molar-refractivity contribution >= 4 is 23.2 Å². The number of amides is 1. The van der Waals surface area contributed by atoms with Crippen molar-refractivity contribution < 1.29 is 4.79 Å². The van der Waals surface area contributed by atoms with E-state index in [1.54, 1.807) is 13.1 Å². The molecule has 0 unspecified atom stereocenters. The van der Waals surface area contributed by atoms with Gasteiger partial charge in [0.15, 0.2) is 0 Å². The molecule has 0 fully saturated rings. The second-order valence-corrected chi connectivity index (χ2v) is 4.92. The average molecular weight is 289 g/mol. The van der Waals surface area contributed by atoms with E-state index in [4.69, 9.17) is 11.6 Å². The number of anilines is 1. The van der Waals surface area contributed by atoms with Crippen LogP contribution in [0.5, 0.6) is 0 Å². The molecule has 2 N–H and O–H groups in total. The maximum absolute atomic E-state index is 12.3. The Kier molecular flexibility index (Phi) is 4.64. The van der Waals surface area contributed by atoms with Crippen molar-refractivity contribution in [3.63, 3.8) is 0 Å². The molecule has 1 amide bonds. The fourth-order valence-corrected chi connectivity index (χ4v) is 2.38. The molecule has 0 heterocycles. The lowest BCUT2D eigenvalue weighted by Crippen LogP contribution is -2.27. The smallest absolute Gasteiger partial charge is 0.253 e. The third-order valence-corrected chi connectivity index (χ3v) is 3.50. The number of hydrogen-bond donors (Lipinski definition) is 2. The Hall–Kier alpha value is -2.00. The molecule has 4 heteroatoms. The van der Waals surface area contributed by atoms with E-state index < -0.39 is 0 Å². The van der Waals surface area contributed by atoms with Crippen molar-refractivity contribution in [2.75, 3.05) is 12.4 Å². The summed E-state index contributed by atoms with van der Waals surface area (Å²) in [7, 11) is 1.80. The fourth-order valence-electron chi connectivity index (χ4n) is 2.08. The second-order valence-electron chi connectivity index (χ2n) is 4.51. The minimum absolute atomic E-state index is 0.123. The van der Waals surface area contributed by atoms with Gasteiger partial charge in [-0.05, 0) is 30.7 Å². The SMILES string of the molecule is CNc1ccccc1C(=O)N[C@@H](C)c1ccccc1Cl. The van der Waals surface area contributed by atoms with Gasteiger partial charge in [-0.3, -0.25) is 4.79 Å². The summed E-state index contributed by atoms with van der Waals surface area (Å²) in [5, 5.41) is 6.63. The summed E-state index contributed by atoms with van der Waals surface area (Å²) in [5.41, 5.74) is 2.33. The van der Waals surface area contributed by atoms with Crippen LogP contribution in [-0.4, -0.2) is 13.0 Å².